The van der Waals surface area contributed by atoms with Crippen molar-refractivity contribution in [1.82, 2.24) is 4.90 Å². The minimum absolute atomic E-state index is 0.186. The number of nitrogens with zero attached hydrogens (tertiary/aromatic N) is 1. The van der Waals surface area contributed by atoms with Gasteiger partial charge in [0.05, 0.1) is 6.54 Å². The summed E-state index contributed by atoms with van der Waals surface area (Å²) in [5.74, 6) is -2.95. The Morgan fingerprint density at radius 1 is 1.16 bits per heavy atom. The molecule has 0 saturated heterocycles. The Balaban J connectivity index is 2.31. The molecule has 1 aliphatic heterocycles. The molecule has 0 radical (unpaired) electrons. The van der Waals surface area contributed by atoms with Crippen LogP contribution < -0.4 is 0 Å². The molecule has 0 spiro atoms. The van der Waals surface area contributed by atoms with Crippen molar-refractivity contribution in [3.05, 3.63) is 35.4 Å². The summed E-state index contributed by atoms with van der Waals surface area (Å²) < 4.78 is 14.9. The van der Waals surface area contributed by atoms with Gasteiger partial charge in [-0.2, -0.15) is 0 Å². The average Bonchev–Trinajstić information content (AvgIpc) is 2.79. The van der Waals surface area contributed by atoms with Crippen molar-refractivity contribution in [3.63, 3.8) is 0 Å². The van der Waals surface area contributed by atoms with Crippen molar-refractivity contribution < 1.29 is 23.8 Å². The molecule has 1 aromatic rings. The van der Waals surface area contributed by atoms with Gasteiger partial charge < -0.3 is 14.2 Å². The zero-order chi connectivity index (χ0) is 14.0. The van der Waals surface area contributed by atoms with Gasteiger partial charge >= 0.3 is 11.9 Å². The number of imide groups is 1. The molecule has 2 amide bonds. The van der Waals surface area contributed by atoms with E-state index in [-0.39, 0.29) is 12.5 Å². The molecule has 0 saturated carbocycles. The molecule has 19 heavy (non-hydrogen) atoms. The minimum atomic E-state index is -1.89. The van der Waals surface area contributed by atoms with Gasteiger partial charge in [-0.3, -0.25) is 14.5 Å². The fourth-order valence-corrected chi connectivity index (χ4v) is 2.10. The van der Waals surface area contributed by atoms with Gasteiger partial charge in [-0.05, 0) is 11.6 Å². The highest BCUT2D eigenvalue weighted by Crippen LogP contribution is 2.26. The first-order chi connectivity index (χ1) is 9.09. The molecule has 6 heteroatoms. The molecule has 1 aromatic carbocycles. The summed E-state index contributed by atoms with van der Waals surface area (Å²) in [7, 11) is 3.83. The summed E-state index contributed by atoms with van der Waals surface area (Å²) in [6.07, 6.45) is 0. The Labute approximate surface area is 110 Å². The molecule has 6 nitrogen and oxygen atoms in total. The molecular formula is C13H15NO5. The second-order valence-corrected chi connectivity index (χ2v) is 4.02. The van der Waals surface area contributed by atoms with Crippen LogP contribution in [-0.2, 0) is 25.5 Å². The van der Waals surface area contributed by atoms with E-state index in [0.29, 0.717) is 5.56 Å². The van der Waals surface area contributed by atoms with Crippen LogP contribution >= 0.6 is 0 Å². The molecule has 0 atom stereocenters. The SMILES string of the molecule is COC(OC)(OC)C(=O)N1Cc2ccccc2C1=O. The Morgan fingerprint density at radius 3 is 2.26 bits per heavy atom. The van der Waals surface area contributed by atoms with Crippen LogP contribution in [0.5, 0.6) is 0 Å². The van der Waals surface area contributed by atoms with Gasteiger partial charge in [-0.15, -0.1) is 0 Å². The zero-order valence-corrected chi connectivity index (χ0v) is 11.0. The van der Waals surface area contributed by atoms with Crippen molar-refractivity contribution >= 4 is 11.8 Å². The number of amides is 2. The topological polar surface area (TPSA) is 65.1 Å². The number of hydrogen-bond donors (Lipinski definition) is 0. The summed E-state index contributed by atoms with van der Waals surface area (Å²) in [6.45, 7) is 0.186. The van der Waals surface area contributed by atoms with Crippen LogP contribution in [-0.4, -0.2) is 44.0 Å². The third kappa shape index (κ3) is 2.03. The van der Waals surface area contributed by atoms with E-state index in [1.165, 1.54) is 21.3 Å². The number of benzene rings is 1. The monoisotopic (exact) mass is 265 g/mol. The fraction of sp³-hybridized carbons (Fsp3) is 0.385. The highest BCUT2D eigenvalue weighted by molar-refractivity contribution is 6.09. The predicted molar refractivity (Wildman–Crippen MR) is 65.1 cm³/mol. The molecule has 1 heterocycles. The van der Waals surface area contributed by atoms with Gasteiger partial charge in [0.25, 0.3) is 5.91 Å². The first-order valence-corrected chi connectivity index (χ1v) is 5.69. The summed E-state index contributed by atoms with van der Waals surface area (Å²) in [4.78, 5) is 25.6. The number of hydrogen-bond acceptors (Lipinski definition) is 5. The third-order valence-corrected chi connectivity index (χ3v) is 3.13. The quantitative estimate of drug-likeness (QED) is 0.752. The highest BCUT2D eigenvalue weighted by atomic mass is 16.9. The molecule has 0 aliphatic carbocycles. The molecule has 0 N–H and O–H groups in total. The van der Waals surface area contributed by atoms with E-state index in [2.05, 4.69) is 0 Å². The maximum atomic E-state index is 12.4. The second kappa shape index (κ2) is 5.08. The first kappa shape index (κ1) is 13.7. The number of fused-ring (bicyclic) bond motifs is 1. The Kier molecular flexibility index (Phi) is 3.66. The lowest BCUT2D eigenvalue weighted by molar-refractivity contribution is -0.330. The second-order valence-electron chi connectivity index (χ2n) is 4.02. The largest absolute Gasteiger partial charge is 0.367 e. The van der Waals surface area contributed by atoms with E-state index in [0.717, 1.165) is 10.5 Å². The number of ether oxygens (including phenoxy) is 3. The maximum absolute atomic E-state index is 12.4. The van der Waals surface area contributed by atoms with Crippen LogP contribution in [0.15, 0.2) is 24.3 Å². The van der Waals surface area contributed by atoms with Gasteiger partial charge in [-0.25, -0.2) is 0 Å². The van der Waals surface area contributed by atoms with E-state index in [1.54, 1.807) is 18.2 Å². The van der Waals surface area contributed by atoms with Crippen molar-refractivity contribution in [3.8, 4) is 0 Å². The van der Waals surface area contributed by atoms with E-state index < -0.39 is 11.9 Å². The summed E-state index contributed by atoms with van der Waals surface area (Å²) in [6, 6.07) is 7.05. The molecule has 1 aliphatic rings. The number of carbonyl (C=O) groups is 2. The Morgan fingerprint density at radius 2 is 1.74 bits per heavy atom. The lowest BCUT2D eigenvalue weighted by Gasteiger charge is -2.29. The van der Waals surface area contributed by atoms with Crippen molar-refractivity contribution in [2.45, 2.75) is 12.5 Å². The normalized spacial score (nSPS) is 14.7. The molecule has 0 aromatic heterocycles. The fourth-order valence-electron chi connectivity index (χ4n) is 2.10. The van der Waals surface area contributed by atoms with E-state index in [1.807, 2.05) is 6.07 Å². The summed E-state index contributed by atoms with van der Waals surface area (Å²) in [5.41, 5.74) is 1.30. The molecule has 0 fully saturated rings. The summed E-state index contributed by atoms with van der Waals surface area (Å²) >= 11 is 0. The lowest BCUT2D eigenvalue weighted by atomic mass is 10.1. The van der Waals surface area contributed by atoms with Gasteiger partial charge in [0, 0.05) is 26.9 Å². The van der Waals surface area contributed by atoms with Gasteiger partial charge in [0.15, 0.2) is 0 Å². The highest BCUT2D eigenvalue weighted by Gasteiger charge is 2.47. The smallest absolute Gasteiger partial charge is 0.323 e. The van der Waals surface area contributed by atoms with Crippen LogP contribution in [0.25, 0.3) is 0 Å². The zero-order valence-electron chi connectivity index (χ0n) is 11.0. The van der Waals surface area contributed by atoms with E-state index in [4.69, 9.17) is 14.2 Å². The average molecular weight is 265 g/mol. The number of rotatable bonds is 4. The van der Waals surface area contributed by atoms with Crippen LogP contribution in [0, 0.1) is 0 Å². The van der Waals surface area contributed by atoms with Gasteiger partial charge in [0.1, 0.15) is 0 Å². The molecule has 2 rings (SSSR count). The maximum Gasteiger partial charge on any atom is 0.367 e. The molecular weight excluding hydrogens is 250 g/mol. The van der Waals surface area contributed by atoms with Crippen LogP contribution in [0.4, 0.5) is 0 Å². The summed E-state index contributed by atoms with van der Waals surface area (Å²) in [5, 5.41) is 0. The van der Waals surface area contributed by atoms with Crippen LogP contribution in [0.1, 0.15) is 15.9 Å². The van der Waals surface area contributed by atoms with E-state index in [9.17, 15) is 9.59 Å². The molecule has 102 valence electrons. The van der Waals surface area contributed by atoms with Crippen molar-refractivity contribution in [2.75, 3.05) is 21.3 Å². The van der Waals surface area contributed by atoms with Crippen LogP contribution in [0.3, 0.4) is 0 Å². The standard InChI is InChI=1S/C13H15NO5/c1-17-13(18-2,19-3)12(16)14-8-9-6-4-5-7-10(9)11(14)15/h4-7H,8H2,1-3H3. The predicted octanol–water partition coefficient (Wildman–Crippen LogP) is 0.762. The lowest BCUT2D eigenvalue weighted by Crippen LogP contribution is -2.53. The number of carbonyl (C=O) groups excluding carboxylic acids is 2. The van der Waals surface area contributed by atoms with Gasteiger partial charge in [-0.1, -0.05) is 18.2 Å². The Bertz CT molecular complexity index is 501. The van der Waals surface area contributed by atoms with Gasteiger partial charge in [0.2, 0.25) is 0 Å². The van der Waals surface area contributed by atoms with Crippen molar-refractivity contribution in [1.29, 1.82) is 0 Å². The first-order valence-electron chi connectivity index (χ1n) is 5.69. The molecule has 0 unspecified atom stereocenters. The third-order valence-electron chi connectivity index (χ3n) is 3.13. The Hall–Kier alpha value is -1.76. The van der Waals surface area contributed by atoms with Crippen molar-refractivity contribution in [2.24, 2.45) is 0 Å². The van der Waals surface area contributed by atoms with Crippen LogP contribution in [0.2, 0.25) is 0 Å². The van der Waals surface area contributed by atoms with E-state index >= 15 is 0 Å². The molecule has 0 bridgehead atoms. The minimum Gasteiger partial charge on any atom is -0.323 e. The number of methoxy groups -OCH3 is 3.